The molecular formula is C21H22ClN3O3. The molecular weight excluding hydrogens is 378 g/mol. The van der Waals surface area contributed by atoms with Crippen LogP contribution in [-0.2, 0) is 11.3 Å². The number of ether oxygens (including phenoxy) is 1. The first-order valence-electron chi connectivity index (χ1n) is 9.04. The number of rotatable bonds is 7. The molecule has 0 aliphatic heterocycles. The second-order valence-electron chi connectivity index (χ2n) is 6.47. The summed E-state index contributed by atoms with van der Waals surface area (Å²) in [7, 11) is 1.69. The first-order valence-corrected chi connectivity index (χ1v) is 9.42. The molecule has 2 aromatic carbocycles. The summed E-state index contributed by atoms with van der Waals surface area (Å²) in [6, 6.07) is 14.9. The van der Waals surface area contributed by atoms with Gasteiger partial charge in [0.25, 0.3) is 5.91 Å². The molecule has 6 nitrogen and oxygen atoms in total. The molecule has 0 spiro atoms. The molecule has 0 fully saturated rings. The Balaban J connectivity index is 1.68. The SMILES string of the molecule is CC[C@@H](Oc1ccccc1C)C(=O)N(C)Cc1nc(-c2ccccc2Cl)no1. The molecule has 146 valence electrons. The third-order valence-corrected chi connectivity index (χ3v) is 4.67. The van der Waals surface area contributed by atoms with Gasteiger partial charge in [0.15, 0.2) is 6.10 Å². The zero-order valence-corrected chi connectivity index (χ0v) is 16.8. The fraction of sp³-hybridized carbons (Fsp3) is 0.286. The molecule has 7 heteroatoms. The quantitative estimate of drug-likeness (QED) is 0.584. The highest BCUT2D eigenvalue weighted by molar-refractivity contribution is 6.33. The normalized spacial score (nSPS) is 11.9. The predicted octanol–water partition coefficient (Wildman–Crippen LogP) is 4.51. The van der Waals surface area contributed by atoms with Crippen LogP contribution >= 0.6 is 11.6 Å². The van der Waals surface area contributed by atoms with Gasteiger partial charge in [-0.25, -0.2) is 0 Å². The average Bonchev–Trinajstić information content (AvgIpc) is 3.15. The van der Waals surface area contributed by atoms with E-state index in [0.717, 1.165) is 5.56 Å². The second-order valence-corrected chi connectivity index (χ2v) is 6.87. The summed E-state index contributed by atoms with van der Waals surface area (Å²) in [4.78, 5) is 18.7. The van der Waals surface area contributed by atoms with Crippen molar-refractivity contribution < 1.29 is 14.1 Å². The predicted molar refractivity (Wildman–Crippen MR) is 107 cm³/mol. The number of aromatic nitrogens is 2. The first-order chi connectivity index (χ1) is 13.5. The number of benzene rings is 2. The van der Waals surface area contributed by atoms with Crippen molar-refractivity contribution in [3.63, 3.8) is 0 Å². The standard InChI is InChI=1S/C21H22ClN3O3/c1-4-17(27-18-12-8-5-9-14(18)2)21(26)25(3)13-19-23-20(24-28-19)15-10-6-7-11-16(15)22/h5-12,17H,4,13H2,1-3H3/t17-/m1/s1. The van der Waals surface area contributed by atoms with Crippen molar-refractivity contribution in [2.24, 2.45) is 0 Å². The van der Waals surface area contributed by atoms with E-state index < -0.39 is 6.10 Å². The van der Waals surface area contributed by atoms with Crippen molar-refractivity contribution in [2.75, 3.05) is 7.05 Å². The van der Waals surface area contributed by atoms with Gasteiger partial charge in [0.1, 0.15) is 5.75 Å². The van der Waals surface area contributed by atoms with Gasteiger partial charge in [-0.05, 0) is 37.1 Å². The summed E-state index contributed by atoms with van der Waals surface area (Å²) < 4.78 is 11.2. The van der Waals surface area contributed by atoms with Crippen LogP contribution in [0.25, 0.3) is 11.4 Å². The van der Waals surface area contributed by atoms with Gasteiger partial charge in [0.05, 0.1) is 11.6 Å². The van der Waals surface area contributed by atoms with Gasteiger partial charge < -0.3 is 14.2 Å². The molecule has 1 heterocycles. The van der Waals surface area contributed by atoms with Gasteiger partial charge >= 0.3 is 0 Å². The van der Waals surface area contributed by atoms with Crippen molar-refractivity contribution >= 4 is 17.5 Å². The molecule has 3 rings (SSSR count). The molecule has 0 N–H and O–H groups in total. The maximum atomic E-state index is 12.8. The van der Waals surface area contributed by atoms with Crippen LogP contribution in [0, 0.1) is 6.92 Å². The number of carbonyl (C=O) groups is 1. The fourth-order valence-corrected chi connectivity index (χ4v) is 2.97. The summed E-state index contributed by atoms with van der Waals surface area (Å²) in [5, 5.41) is 4.50. The lowest BCUT2D eigenvalue weighted by Crippen LogP contribution is -2.39. The molecule has 0 radical (unpaired) electrons. The molecule has 0 aliphatic rings. The highest BCUT2D eigenvalue weighted by Gasteiger charge is 2.24. The zero-order chi connectivity index (χ0) is 20.1. The van der Waals surface area contributed by atoms with Gasteiger partial charge in [-0.1, -0.05) is 54.0 Å². The minimum absolute atomic E-state index is 0.150. The third-order valence-electron chi connectivity index (χ3n) is 4.34. The number of aryl methyl sites for hydroxylation is 1. The van der Waals surface area contributed by atoms with Crippen molar-refractivity contribution in [2.45, 2.75) is 32.9 Å². The Hall–Kier alpha value is -2.86. The maximum absolute atomic E-state index is 12.8. The van der Waals surface area contributed by atoms with Crippen LogP contribution in [0.5, 0.6) is 5.75 Å². The third kappa shape index (κ3) is 4.51. The van der Waals surface area contributed by atoms with Crippen LogP contribution in [0.4, 0.5) is 0 Å². The number of amides is 1. The summed E-state index contributed by atoms with van der Waals surface area (Å²) in [5.41, 5.74) is 1.67. The molecule has 0 aliphatic carbocycles. The van der Waals surface area contributed by atoms with Gasteiger partial charge in [0.2, 0.25) is 11.7 Å². The lowest BCUT2D eigenvalue weighted by molar-refractivity contribution is -0.138. The number of carbonyl (C=O) groups excluding carboxylic acids is 1. The molecule has 0 saturated carbocycles. The fourth-order valence-electron chi connectivity index (χ4n) is 2.75. The maximum Gasteiger partial charge on any atom is 0.263 e. The summed E-state index contributed by atoms with van der Waals surface area (Å²) >= 11 is 6.17. The van der Waals surface area contributed by atoms with Crippen molar-refractivity contribution in [1.29, 1.82) is 0 Å². The minimum atomic E-state index is -0.586. The van der Waals surface area contributed by atoms with E-state index in [0.29, 0.717) is 34.5 Å². The summed E-state index contributed by atoms with van der Waals surface area (Å²) in [5.74, 6) is 1.28. The van der Waals surface area contributed by atoms with E-state index in [2.05, 4.69) is 10.1 Å². The number of nitrogens with zero attached hydrogens (tertiary/aromatic N) is 3. The van der Waals surface area contributed by atoms with E-state index in [9.17, 15) is 4.79 Å². The van der Waals surface area contributed by atoms with Crippen LogP contribution in [0.15, 0.2) is 53.1 Å². The molecule has 28 heavy (non-hydrogen) atoms. The van der Waals surface area contributed by atoms with E-state index in [-0.39, 0.29) is 12.5 Å². The number of halogens is 1. The second kappa shape index (κ2) is 8.89. The Kier molecular flexibility index (Phi) is 6.31. The van der Waals surface area contributed by atoms with E-state index >= 15 is 0 Å². The topological polar surface area (TPSA) is 68.5 Å². The molecule has 3 aromatic rings. The average molecular weight is 400 g/mol. The Morgan fingerprint density at radius 1 is 1.21 bits per heavy atom. The summed E-state index contributed by atoms with van der Waals surface area (Å²) in [6.45, 7) is 4.05. The van der Waals surface area contributed by atoms with Gasteiger partial charge in [0, 0.05) is 12.6 Å². The number of para-hydroxylation sites is 1. The van der Waals surface area contributed by atoms with Gasteiger partial charge in [-0.2, -0.15) is 4.98 Å². The molecule has 0 saturated heterocycles. The van der Waals surface area contributed by atoms with E-state index in [1.165, 1.54) is 4.90 Å². The van der Waals surface area contributed by atoms with Crippen LogP contribution in [-0.4, -0.2) is 34.1 Å². The van der Waals surface area contributed by atoms with E-state index in [1.54, 1.807) is 13.1 Å². The van der Waals surface area contributed by atoms with Crippen molar-refractivity contribution in [3.8, 4) is 17.1 Å². The van der Waals surface area contributed by atoms with Crippen LogP contribution in [0.1, 0.15) is 24.8 Å². The van der Waals surface area contributed by atoms with Gasteiger partial charge in [-0.15, -0.1) is 0 Å². The first kappa shape index (κ1) is 19.9. The van der Waals surface area contributed by atoms with Crippen molar-refractivity contribution in [1.82, 2.24) is 15.0 Å². The molecule has 0 unspecified atom stereocenters. The van der Waals surface area contributed by atoms with Gasteiger partial charge in [-0.3, -0.25) is 4.79 Å². The smallest absolute Gasteiger partial charge is 0.263 e. The van der Waals surface area contributed by atoms with E-state index in [4.69, 9.17) is 20.9 Å². The summed E-state index contributed by atoms with van der Waals surface area (Å²) in [6.07, 6.45) is -0.0382. The largest absolute Gasteiger partial charge is 0.480 e. The van der Waals surface area contributed by atoms with Crippen molar-refractivity contribution in [3.05, 3.63) is 65.0 Å². The highest BCUT2D eigenvalue weighted by atomic mass is 35.5. The number of hydrogen-bond acceptors (Lipinski definition) is 5. The van der Waals surface area contributed by atoms with Crippen LogP contribution in [0.3, 0.4) is 0 Å². The van der Waals surface area contributed by atoms with Crippen LogP contribution in [0.2, 0.25) is 5.02 Å². The van der Waals surface area contributed by atoms with Crippen LogP contribution < -0.4 is 4.74 Å². The Morgan fingerprint density at radius 2 is 1.93 bits per heavy atom. The minimum Gasteiger partial charge on any atom is -0.480 e. The Morgan fingerprint density at radius 3 is 2.64 bits per heavy atom. The van der Waals surface area contributed by atoms with E-state index in [1.807, 2.05) is 56.3 Å². The molecule has 0 bridgehead atoms. The Labute approximate surface area is 169 Å². The molecule has 1 aromatic heterocycles. The molecule has 1 amide bonds. The highest BCUT2D eigenvalue weighted by Crippen LogP contribution is 2.25. The Bertz CT molecular complexity index is 957. The zero-order valence-electron chi connectivity index (χ0n) is 16.1. The number of likely N-dealkylation sites (N-methyl/N-ethyl adjacent to an activating group) is 1. The lowest BCUT2D eigenvalue weighted by atomic mass is 10.2. The monoisotopic (exact) mass is 399 g/mol. The lowest BCUT2D eigenvalue weighted by Gasteiger charge is -2.23. The molecule has 1 atom stereocenters. The number of hydrogen-bond donors (Lipinski definition) is 0.